The first-order valence-corrected chi connectivity index (χ1v) is 4.86. The molecular weight excluding hydrogens is 210 g/mol. The Morgan fingerprint density at radius 3 is 3.06 bits per heavy atom. The molecule has 0 bridgehead atoms. The van der Waals surface area contributed by atoms with E-state index in [1.165, 1.54) is 6.20 Å². The van der Waals surface area contributed by atoms with Gasteiger partial charge in [-0.1, -0.05) is 0 Å². The molecule has 0 unspecified atom stereocenters. The van der Waals surface area contributed by atoms with E-state index in [2.05, 4.69) is 4.98 Å². The van der Waals surface area contributed by atoms with Crippen LogP contribution in [0.1, 0.15) is 16.1 Å². The van der Waals surface area contributed by atoms with Crippen LogP contribution in [0.3, 0.4) is 0 Å². The fourth-order valence-electron chi connectivity index (χ4n) is 1.46. The number of cyclic esters (lactones) is 1. The Kier molecular flexibility index (Phi) is 2.82. The largest absolute Gasteiger partial charge is 0.447 e. The average molecular weight is 221 g/mol. The SMILES string of the molecule is NCc1cc(C(=O)N2CCOC2=O)ccn1. The summed E-state index contributed by atoms with van der Waals surface area (Å²) in [5.74, 6) is -0.375. The number of aromatic nitrogens is 1. The quantitative estimate of drug-likeness (QED) is 0.767. The van der Waals surface area contributed by atoms with Crippen molar-refractivity contribution < 1.29 is 14.3 Å². The first-order valence-electron chi connectivity index (χ1n) is 4.86. The van der Waals surface area contributed by atoms with Crippen LogP contribution in [0.25, 0.3) is 0 Å². The minimum absolute atomic E-state index is 0.249. The second-order valence-electron chi connectivity index (χ2n) is 3.31. The highest BCUT2D eigenvalue weighted by atomic mass is 16.6. The molecule has 2 amide bonds. The number of amides is 2. The molecule has 0 atom stereocenters. The summed E-state index contributed by atoms with van der Waals surface area (Å²) in [6.45, 7) is 0.795. The van der Waals surface area contributed by atoms with Crippen LogP contribution in [-0.2, 0) is 11.3 Å². The summed E-state index contributed by atoms with van der Waals surface area (Å²) in [6, 6.07) is 3.13. The number of nitrogens with two attached hydrogens (primary N) is 1. The summed E-state index contributed by atoms with van der Waals surface area (Å²) in [4.78, 5) is 28.1. The van der Waals surface area contributed by atoms with Crippen molar-refractivity contribution in [3.8, 4) is 0 Å². The number of imide groups is 1. The molecule has 2 N–H and O–H groups in total. The van der Waals surface area contributed by atoms with Gasteiger partial charge in [0, 0.05) is 18.3 Å². The minimum atomic E-state index is -0.601. The molecule has 1 aromatic heterocycles. The number of hydrogen-bond donors (Lipinski definition) is 1. The van der Waals surface area contributed by atoms with Crippen molar-refractivity contribution in [2.24, 2.45) is 5.73 Å². The van der Waals surface area contributed by atoms with E-state index in [1.54, 1.807) is 12.1 Å². The first-order chi connectivity index (χ1) is 7.72. The Hall–Kier alpha value is -1.95. The lowest BCUT2D eigenvalue weighted by Crippen LogP contribution is -2.31. The normalized spacial score (nSPS) is 15.1. The summed E-state index contributed by atoms with van der Waals surface area (Å²) in [5.41, 5.74) is 6.43. The monoisotopic (exact) mass is 221 g/mol. The van der Waals surface area contributed by atoms with E-state index in [1.807, 2.05) is 0 Å². The standard InChI is InChI=1S/C10H11N3O3/c11-6-8-5-7(1-2-12-8)9(14)13-3-4-16-10(13)15/h1-2,5H,3-4,6,11H2. The van der Waals surface area contributed by atoms with E-state index >= 15 is 0 Å². The Labute approximate surface area is 92.0 Å². The fourth-order valence-corrected chi connectivity index (χ4v) is 1.46. The number of carbonyl (C=O) groups is 2. The molecule has 0 saturated carbocycles. The van der Waals surface area contributed by atoms with Crippen LogP contribution in [0.5, 0.6) is 0 Å². The van der Waals surface area contributed by atoms with Crippen LogP contribution < -0.4 is 5.73 Å². The lowest BCUT2D eigenvalue weighted by atomic mass is 10.2. The highest BCUT2D eigenvalue weighted by Crippen LogP contribution is 2.11. The van der Waals surface area contributed by atoms with Crippen LogP contribution in [0.4, 0.5) is 4.79 Å². The molecule has 2 rings (SSSR count). The maximum atomic E-state index is 11.9. The lowest BCUT2D eigenvalue weighted by Gasteiger charge is -2.10. The Bertz CT molecular complexity index is 433. The maximum Gasteiger partial charge on any atom is 0.416 e. The predicted molar refractivity (Wildman–Crippen MR) is 54.5 cm³/mol. The molecule has 6 nitrogen and oxygen atoms in total. The summed E-state index contributed by atoms with van der Waals surface area (Å²) in [5, 5.41) is 0. The lowest BCUT2D eigenvalue weighted by molar-refractivity contribution is 0.0809. The molecule has 1 saturated heterocycles. The van der Waals surface area contributed by atoms with E-state index < -0.39 is 6.09 Å². The van der Waals surface area contributed by atoms with Gasteiger partial charge in [0.15, 0.2) is 0 Å². The van der Waals surface area contributed by atoms with Crippen molar-refractivity contribution in [1.82, 2.24) is 9.88 Å². The number of ether oxygens (including phenoxy) is 1. The van der Waals surface area contributed by atoms with Gasteiger partial charge in [-0.3, -0.25) is 9.78 Å². The molecule has 0 aliphatic carbocycles. The highest BCUT2D eigenvalue weighted by Gasteiger charge is 2.29. The number of pyridine rings is 1. The summed E-state index contributed by atoms with van der Waals surface area (Å²) in [6.07, 6.45) is 0.896. The second-order valence-corrected chi connectivity index (χ2v) is 3.31. The van der Waals surface area contributed by atoms with Gasteiger partial charge in [-0.05, 0) is 12.1 Å². The van der Waals surface area contributed by atoms with Gasteiger partial charge in [0.1, 0.15) is 6.61 Å². The average Bonchev–Trinajstić information content (AvgIpc) is 2.74. The summed E-state index contributed by atoms with van der Waals surface area (Å²) in [7, 11) is 0. The second kappa shape index (κ2) is 4.28. The molecule has 0 aromatic carbocycles. The summed E-state index contributed by atoms with van der Waals surface area (Å²) >= 11 is 0. The van der Waals surface area contributed by atoms with E-state index in [0.717, 1.165) is 4.90 Å². The minimum Gasteiger partial charge on any atom is -0.447 e. The molecule has 0 spiro atoms. The van der Waals surface area contributed by atoms with Gasteiger partial charge >= 0.3 is 6.09 Å². The van der Waals surface area contributed by atoms with Gasteiger partial charge in [0.05, 0.1) is 12.2 Å². The van der Waals surface area contributed by atoms with Crippen LogP contribution in [0.2, 0.25) is 0 Å². The molecular formula is C10H11N3O3. The van der Waals surface area contributed by atoms with Crippen molar-refractivity contribution in [3.63, 3.8) is 0 Å². The number of hydrogen-bond acceptors (Lipinski definition) is 5. The van der Waals surface area contributed by atoms with Gasteiger partial charge < -0.3 is 10.5 Å². The Balaban J connectivity index is 2.23. The molecule has 84 valence electrons. The van der Waals surface area contributed by atoms with Crippen LogP contribution >= 0.6 is 0 Å². The van der Waals surface area contributed by atoms with E-state index in [0.29, 0.717) is 11.3 Å². The Morgan fingerprint density at radius 2 is 2.44 bits per heavy atom. The van der Waals surface area contributed by atoms with Crippen molar-refractivity contribution in [2.45, 2.75) is 6.54 Å². The van der Waals surface area contributed by atoms with Crippen molar-refractivity contribution >= 4 is 12.0 Å². The molecule has 1 fully saturated rings. The van der Waals surface area contributed by atoms with E-state index in [9.17, 15) is 9.59 Å². The highest BCUT2D eigenvalue weighted by molar-refractivity contribution is 6.03. The van der Waals surface area contributed by atoms with Crippen LogP contribution in [-0.4, -0.2) is 35.0 Å². The smallest absolute Gasteiger partial charge is 0.416 e. The van der Waals surface area contributed by atoms with E-state index in [-0.39, 0.29) is 25.6 Å². The maximum absolute atomic E-state index is 11.9. The summed E-state index contributed by atoms with van der Waals surface area (Å²) < 4.78 is 4.69. The molecule has 1 aromatic rings. The molecule has 16 heavy (non-hydrogen) atoms. The van der Waals surface area contributed by atoms with Crippen LogP contribution in [0, 0.1) is 0 Å². The first kappa shape index (κ1) is 10.6. The van der Waals surface area contributed by atoms with Crippen molar-refractivity contribution in [1.29, 1.82) is 0 Å². The Morgan fingerprint density at radius 1 is 1.62 bits per heavy atom. The third kappa shape index (κ3) is 1.87. The topological polar surface area (TPSA) is 85.5 Å². The molecule has 1 aliphatic heterocycles. The predicted octanol–water partition coefficient (Wildman–Crippen LogP) is 0.133. The zero-order valence-electron chi connectivity index (χ0n) is 8.55. The number of rotatable bonds is 2. The van der Waals surface area contributed by atoms with Crippen molar-refractivity contribution in [3.05, 3.63) is 29.6 Å². The van der Waals surface area contributed by atoms with Crippen LogP contribution in [0.15, 0.2) is 18.3 Å². The van der Waals surface area contributed by atoms with Gasteiger partial charge in [-0.2, -0.15) is 0 Å². The van der Waals surface area contributed by atoms with Gasteiger partial charge in [0.2, 0.25) is 0 Å². The van der Waals surface area contributed by atoms with Gasteiger partial charge in [0.25, 0.3) is 5.91 Å². The fraction of sp³-hybridized carbons (Fsp3) is 0.300. The molecule has 0 radical (unpaired) electrons. The molecule has 2 heterocycles. The van der Waals surface area contributed by atoms with Gasteiger partial charge in [-0.15, -0.1) is 0 Å². The number of carbonyl (C=O) groups excluding carboxylic acids is 2. The van der Waals surface area contributed by atoms with E-state index in [4.69, 9.17) is 10.5 Å². The third-order valence-electron chi connectivity index (χ3n) is 2.28. The molecule has 6 heteroatoms. The zero-order chi connectivity index (χ0) is 11.5. The van der Waals surface area contributed by atoms with Gasteiger partial charge in [-0.25, -0.2) is 9.69 Å². The number of nitrogens with zero attached hydrogens (tertiary/aromatic N) is 2. The molecule has 1 aliphatic rings. The zero-order valence-corrected chi connectivity index (χ0v) is 8.55. The van der Waals surface area contributed by atoms with Crippen molar-refractivity contribution in [2.75, 3.05) is 13.2 Å². The third-order valence-corrected chi connectivity index (χ3v) is 2.28.